The number of ether oxygens (including phenoxy) is 1. The molecular formula is C14H18N4O. The second kappa shape index (κ2) is 6.15. The van der Waals surface area contributed by atoms with Crippen molar-refractivity contribution in [2.45, 2.75) is 6.92 Å². The lowest BCUT2D eigenvalue weighted by Crippen LogP contribution is -2.11. The molecule has 0 saturated heterocycles. The lowest BCUT2D eigenvalue weighted by Gasteiger charge is -2.09. The van der Waals surface area contributed by atoms with E-state index >= 15 is 0 Å². The highest BCUT2D eigenvalue weighted by Crippen LogP contribution is 2.20. The Morgan fingerprint density at radius 1 is 1.42 bits per heavy atom. The van der Waals surface area contributed by atoms with Gasteiger partial charge in [0.15, 0.2) is 0 Å². The van der Waals surface area contributed by atoms with Crippen molar-refractivity contribution in [3.63, 3.8) is 0 Å². The van der Waals surface area contributed by atoms with E-state index in [2.05, 4.69) is 21.9 Å². The largest absolute Gasteiger partial charge is 0.399 e. The van der Waals surface area contributed by atoms with Gasteiger partial charge in [0.25, 0.3) is 0 Å². The maximum Gasteiger partial charge on any atom is 0.137 e. The molecule has 0 atom stereocenters. The highest BCUT2D eigenvalue weighted by molar-refractivity contribution is 5.90. The minimum atomic E-state index is 0.586. The van der Waals surface area contributed by atoms with Crippen LogP contribution in [0.2, 0.25) is 0 Å². The van der Waals surface area contributed by atoms with Crippen molar-refractivity contribution in [1.82, 2.24) is 9.97 Å². The third-order valence-electron chi connectivity index (χ3n) is 2.55. The Morgan fingerprint density at radius 3 is 3.05 bits per heavy atom. The maximum absolute atomic E-state index is 5.73. The molecule has 1 aromatic heterocycles. The number of fused-ring (bicyclic) bond motifs is 1. The molecule has 2 rings (SSSR count). The van der Waals surface area contributed by atoms with Gasteiger partial charge in [0.2, 0.25) is 0 Å². The summed E-state index contributed by atoms with van der Waals surface area (Å²) in [5.74, 6) is 0.795. The molecule has 0 amide bonds. The van der Waals surface area contributed by atoms with E-state index in [0.717, 1.165) is 22.3 Å². The van der Waals surface area contributed by atoms with Gasteiger partial charge in [-0.1, -0.05) is 12.2 Å². The molecule has 0 radical (unpaired) electrons. The SMILES string of the molecule is C=C(C)COCCNc1ncnc2cc(N)ccc12. The van der Waals surface area contributed by atoms with Gasteiger partial charge in [-0.15, -0.1) is 0 Å². The average molecular weight is 258 g/mol. The molecular weight excluding hydrogens is 240 g/mol. The Labute approximate surface area is 112 Å². The summed E-state index contributed by atoms with van der Waals surface area (Å²) in [6.07, 6.45) is 1.53. The van der Waals surface area contributed by atoms with Crippen LogP contribution >= 0.6 is 0 Å². The van der Waals surface area contributed by atoms with Gasteiger partial charge in [-0.3, -0.25) is 0 Å². The van der Waals surface area contributed by atoms with Crippen LogP contribution < -0.4 is 11.1 Å². The average Bonchev–Trinajstić information content (AvgIpc) is 2.37. The minimum Gasteiger partial charge on any atom is -0.399 e. The van der Waals surface area contributed by atoms with Gasteiger partial charge in [-0.2, -0.15) is 0 Å². The number of nitrogens with zero attached hydrogens (tertiary/aromatic N) is 2. The number of nitrogen functional groups attached to an aromatic ring is 1. The molecule has 0 saturated carbocycles. The van der Waals surface area contributed by atoms with Crippen molar-refractivity contribution >= 4 is 22.4 Å². The number of nitrogens with two attached hydrogens (primary N) is 1. The summed E-state index contributed by atoms with van der Waals surface area (Å²) in [4.78, 5) is 8.43. The summed E-state index contributed by atoms with van der Waals surface area (Å²) in [5.41, 5.74) is 8.28. The standard InChI is InChI=1S/C14H18N4O/c1-10(2)8-19-6-5-16-14-12-4-3-11(15)7-13(12)17-9-18-14/h3-4,7,9H,1,5-6,8,15H2,2H3,(H,16,17,18). The summed E-state index contributed by atoms with van der Waals surface area (Å²) in [6.45, 7) is 7.60. The summed E-state index contributed by atoms with van der Waals surface area (Å²) < 4.78 is 5.42. The van der Waals surface area contributed by atoms with Gasteiger partial charge in [0.1, 0.15) is 12.1 Å². The van der Waals surface area contributed by atoms with E-state index in [1.807, 2.05) is 25.1 Å². The van der Waals surface area contributed by atoms with Crippen LogP contribution in [0.25, 0.3) is 10.9 Å². The van der Waals surface area contributed by atoms with Crippen molar-refractivity contribution in [2.75, 3.05) is 30.8 Å². The summed E-state index contributed by atoms with van der Waals surface area (Å²) in [7, 11) is 0. The highest BCUT2D eigenvalue weighted by Gasteiger charge is 2.03. The molecule has 1 aromatic carbocycles. The molecule has 1 heterocycles. The van der Waals surface area contributed by atoms with Crippen molar-refractivity contribution in [3.8, 4) is 0 Å². The van der Waals surface area contributed by atoms with Crippen molar-refractivity contribution in [2.24, 2.45) is 0 Å². The third-order valence-corrected chi connectivity index (χ3v) is 2.55. The number of nitrogens with one attached hydrogen (secondary N) is 1. The number of aromatic nitrogens is 2. The van der Waals surface area contributed by atoms with E-state index in [4.69, 9.17) is 10.5 Å². The van der Waals surface area contributed by atoms with Crippen LogP contribution in [0.1, 0.15) is 6.92 Å². The van der Waals surface area contributed by atoms with Crippen LogP contribution in [-0.4, -0.2) is 29.7 Å². The summed E-state index contributed by atoms with van der Waals surface area (Å²) in [6, 6.07) is 5.59. The number of rotatable bonds is 6. The Hall–Kier alpha value is -2.14. The summed E-state index contributed by atoms with van der Waals surface area (Å²) in [5, 5.41) is 4.19. The van der Waals surface area contributed by atoms with Crippen molar-refractivity contribution < 1.29 is 4.74 Å². The lowest BCUT2D eigenvalue weighted by atomic mass is 10.2. The first-order valence-corrected chi connectivity index (χ1v) is 6.13. The molecule has 5 nitrogen and oxygen atoms in total. The zero-order valence-electron chi connectivity index (χ0n) is 11.0. The molecule has 0 bridgehead atoms. The zero-order chi connectivity index (χ0) is 13.7. The molecule has 0 aliphatic rings. The molecule has 0 aliphatic heterocycles. The van der Waals surface area contributed by atoms with E-state index in [1.54, 1.807) is 0 Å². The van der Waals surface area contributed by atoms with E-state index in [9.17, 15) is 0 Å². The molecule has 0 aliphatic carbocycles. The number of benzene rings is 1. The first-order chi connectivity index (χ1) is 9.16. The normalized spacial score (nSPS) is 10.6. The Balaban J connectivity index is 1.99. The molecule has 0 spiro atoms. The fraction of sp³-hybridized carbons (Fsp3) is 0.286. The van der Waals surface area contributed by atoms with E-state index in [0.29, 0.717) is 25.4 Å². The molecule has 19 heavy (non-hydrogen) atoms. The fourth-order valence-corrected chi connectivity index (χ4v) is 1.70. The van der Waals surface area contributed by atoms with E-state index in [1.165, 1.54) is 6.33 Å². The topological polar surface area (TPSA) is 73.1 Å². The predicted molar refractivity (Wildman–Crippen MR) is 78.1 cm³/mol. The molecule has 3 N–H and O–H groups in total. The number of anilines is 2. The van der Waals surface area contributed by atoms with Crippen LogP contribution in [-0.2, 0) is 4.74 Å². The van der Waals surface area contributed by atoms with Gasteiger partial charge < -0.3 is 15.8 Å². The smallest absolute Gasteiger partial charge is 0.137 e. The Kier molecular flexibility index (Phi) is 4.30. The second-order valence-corrected chi connectivity index (χ2v) is 4.44. The second-order valence-electron chi connectivity index (χ2n) is 4.44. The Bertz CT molecular complexity index is 583. The monoisotopic (exact) mass is 258 g/mol. The van der Waals surface area contributed by atoms with Crippen molar-refractivity contribution in [1.29, 1.82) is 0 Å². The lowest BCUT2D eigenvalue weighted by molar-refractivity contribution is 0.167. The van der Waals surface area contributed by atoms with Crippen LogP contribution in [0.4, 0.5) is 11.5 Å². The highest BCUT2D eigenvalue weighted by atomic mass is 16.5. The number of hydrogen-bond donors (Lipinski definition) is 2. The molecule has 100 valence electrons. The van der Waals surface area contributed by atoms with Gasteiger partial charge in [0, 0.05) is 17.6 Å². The minimum absolute atomic E-state index is 0.586. The van der Waals surface area contributed by atoms with Crippen LogP contribution in [0.5, 0.6) is 0 Å². The van der Waals surface area contributed by atoms with E-state index < -0.39 is 0 Å². The number of hydrogen-bond acceptors (Lipinski definition) is 5. The summed E-state index contributed by atoms with van der Waals surface area (Å²) >= 11 is 0. The fourth-order valence-electron chi connectivity index (χ4n) is 1.70. The van der Waals surface area contributed by atoms with Crippen molar-refractivity contribution in [3.05, 3.63) is 36.7 Å². The van der Waals surface area contributed by atoms with Crippen LogP contribution in [0.3, 0.4) is 0 Å². The Morgan fingerprint density at radius 2 is 2.26 bits per heavy atom. The van der Waals surface area contributed by atoms with Crippen LogP contribution in [0, 0.1) is 0 Å². The molecule has 2 aromatic rings. The van der Waals surface area contributed by atoms with Gasteiger partial charge in [-0.05, 0) is 25.1 Å². The predicted octanol–water partition coefficient (Wildman–Crippen LogP) is 2.22. The van der Waals surface area contributed by atoms with Crippen LogP contribution in [0.15, 0.2) is 36.7 Å². The first kappa shape index (κ1) is 13.3. The molecule has 0 fully saturated rings. The van der Waals surface area contributed by atoms with Gasteiger partial charge in [0.05, 0.1) is 18.7 Å². The zero-order valence-corrected chi connectivity index (χ0v) is 11.0. The molecule has 0 unspecified atom stereocenters. The van der Waals surface area contributed by atoms with Gasteiger partial charge in [-0.25, -0.2) is 9.97 Å². The van der Waals surface area contributed by atoms with E-state index in [-0.39, 0.29) is 0 Å². The molecule has 5 heteroatoms. The third kappa shape index (κ3) is 3.66. The first-order valence-electron chi connectivity index (χ1n) is 6.13. The quantitative estimate of drug-likeness (QED) is 0.472. The van der Waals surface area contributed by atoms with Gasteiger partial charge >= 0.3 is 0 Å². The maximum atomic E-state index is 5.73.